The van der Waals surface area contributed by atoms with Crippen LogP contribution in [-0.4, -0.2) is 39.3 Å². The normalized spacial score (nSPS) is 11.2. The number of aromatic nitrogens is 4. The molecule has 2 aromatic heterocycles. The quantitative estimate of drug-likeness (QED) is 0.154. The number of rotatable bonds is 10. The molecule has 6 aromatic rings. The first kappa shape index (κ1) is 29.5. The van der Waals surface area contributed by atoms with Gasteiger partial charge in [0.25, 0.3) is 11.5 Å². The SMILES string of the molecule is CCCCON(C(=O)c1ccccc1)n1c(=O)c2c(nnn2Cc2ccc(OC)cc2)c(=O)c2ccc(-c3ccccc3)cc21. The van der Waals surface area contributed by atoms with Gasteiger partial charge in [-0.15, -0.1) is 10.3 Å². The number of hydroxylamine groups is 1. The molecule has 0 aliphatic heterocycles. The molecule has 10 nitrogen and oxygen atoms in total. The number of hydrogen-bond donors (Lipinski definition) is 0. The molecule has 2 heterocycles. The van der Waals surface area contributed by atoms with Gasteiger partial charge in [-0.05, 0) is 59.5 Å². The van der Waals surface area contributed by atoms with Crippen molar-refractivity contribution in [2.75, 3.05) is 18.9 Å². The lowest BCUT2D eigenvalue weighted by Gasteiger charge is -2.24. The summed E-state index contributed by atoms with van der Waals surface area (Å²) in [5, 5.41) is 9.54. The Labute approximate surface area is 258 Å². The molecule has 0 saturated heterocycles. The zero-order chi connectivity index (χ0) is 31.3. The highest BCUT2D eigenvalue weighted by Crippen LogP contribution is 2.24. The van der Waals surface area contributed by atoms with Crippen LogP contribution >= 0.6 is 0 Å². The van der Waals surface area contributed by atoms with Gasteiger partial charge < -0.3 is 4.74 Å². The van der Waals surface area contributed by atoms with Crippen LogP contribution in [0.25, 0.3) is 33.1 Å². The fraction of sp³-hybridized carbons (Fsp3) is 0.171. The summed E-state index contributed by atoms with van der Waals surface area (Å²) < 4.78 is 7.79. The molecule has 0 atom stereocenters. The number of amides is 1. The number of ether oxygens (including phenoxy) is 1. The third-order valence-electron chi connectivity index (χ3n) is 7.50. The average molecular weight is 602 g/mol. The zero-order valence-electron chi connectivity index (χ0n) is 24.9. The van der Waals surface area contributed by atoms with Crippen molar-refractivity contribution >= 4 is 27.8 Å². The largest absolute Gasteiger partial charge is 0.497 e. The number of hydrogen-bond acceptors (Lipinski definition) is 7. The smallest absolute Gasteiger partial charge is 0.299 e. The third-order valence-corrected chi connectivity index (χ3v) is 7.50. The third kappa shape index (κ3) is 5.83. The number of methoxy groups -OCH3 is 1. The lowest BCUT2D eigenvalue weighted by molar-refractivity contribution is 0.0390. The van der Waals surface area contributed by atoms with Crippen molar-refractivity contribution in [1.82, 2.24) is 19.7 Å². The molecule has 6 rings (SSSR count). The Morgan fingerprint density at radius 2 is 1.58 bits per heavy atom. The summed E-state index contributed by atoms with van der Waals surface area (Å²) in [5.74, 6) is 0.110. The topological polar surface area (TPSA) is 109 Å². The van der Waals surface area contributed by atoms with Gasteiger partial charge in [0.15, 0.2) is 11.0 Å². The Kier molecular flexibility index (Phi) is 8.47. The van der Waals surface area contributed by atoms with Crippen LogP contribution in [0, 0.1) is 0 Å². The standard InChI is InChI=1S/C35H31N5O5/c1-3-4-21-45-40(34(42)26-13-9-6-10-14-26)39-30-22-27(25-11-7-5-8-12-25)17-20-29(30)33(41)31-32(35(39)43)38(37-36-31)23-24-15-18-28(44-2)19-16-24/h5-20,22H,3-4,21,23H2,1-2H3. The van der Waals surface area contributed by atoms with Crippen molar-refractivity contribution in [2.45, 2.75) is 26.3 Å². The first-order valence-electron chi connectivity index (χ1n) is 14.7. The van der Waals surface area contributed by atoms with Crippen LogP contribution < -0.4 is 20.9 Å². The van der Waals surface area contributed by atoms with Crippen molar-refractivity contribution in [2.24, 2.45) is 0 Å². The van der Waals surface area contributed by atoms with Crippen molar-refractivity contribution < 1.29 is 14.4 Å². The number of fused-ring (bicyclic) bond motifs is 2. The number of benzene rings is 4. The molecular weight excluding hydrogens is 570 g/mol. The highest BCUT2D eigenvalue weighted by molar-refractivity contribution is 6.01. The van der Waals surface area contributed by atoms with Gasteiger partial charge in [-0.1, -0.05) is 85.3 Å². The summed E-state index contributed by atoms with van der Waals surface area (Å²) in [5.41, 5.74) is 1.60. The summed E-state index contributed by atoms with van der Waals surface area (Å²) in [6, 6.07) is 30.6. The second-order valence-corrected chi connectivity index (χ2v) is 10.5. The monoisotopic (exact) mass is 601 g/mol. The van der Waals surface area contributed by atoms with Crippen molar-refractivity contribution in [3.8, 4) is 16.9 Å². The lowest BCUT2D eigenvalue weighted by atomic mass is 10.0. The molecule has 0 radical (unpaired) electrons. The van der Waals surface area contributed by atoms with E-state index < -0.39 is 16.9 Å². The summed E-state index contributed by atoms with van der Waals surface area (Å²) in [6.07, 6.45) is 1.44. The summed E-state index contributed by atoms with van der Waals surface area (Å²) >= 11 is 0. The average Bonchev–Trinajstić information content (AvgIpc) is 3.48. The van der Waals surface area contributed by atoms with E-state index in [2.05, 4.69) is 10.3 Å². The second kappa shape index (κ2) is 12.9. The van der Waals surface area contributed by atoms with Crippen LogP contribution in [0.1, 0.15) is 35.7 Å². The van der Waals surface area contributed by atoms with E-state index in [-0.39, 0.29) is 35.1 Å². The van der Waals surface area contributed by atoms with Gasteiger partial charge in [0, 0.05) is 5.56 Å². The van der Waals surface area contributed by atoms with E-state index in [1.165, 1.54) is 4.68 Å². The van der Waals surface area contributed by atoms with Crippen LogP contribution in [0.4, 0.5) is 0 Å². The molecular formula is C35H31N5O5. The predicted molar refractivity (Wildman–Crippen MR) is 173 cm³/mol. The Morgan fingerprint density at radius 1 is 0.867 bits per heavy atom. The molecule has 0 fully saturated rings. The Morgan fingerprint density at radius 3 is 2.27 bits per heavy atom. The van der Waals surface area contributed by atoms with Gasteiger partial charge >= 0.3 is 0 Å². The molecule has 0 saturated carbocycles. The molecule has 4 aromatic carbocycles. The highest BCUT2D eigenvalue weighted by atomic mass is 16.7. The van der Waals surface area contributed by atoms with E-state index in [9.17, 15) is 14.4 Å². The number of carbonyl (C=O) groups excluding carboxylic acids is 1. The first-order chi connectivity index (χ1) is 22.0. The van der Waals surface area contributed by atoms with Gasteiger partial charge in [-0.3, -0.25) is 19.2 Å². The second-order valence-electron chi connectivity index (χ2n) is 10.5. The Bertz CT molecular complexity index is 2090. The zero-order valence-corrected chi connectivity index (χ0v) is 24.9. The number of nitrogens with zero attached hydrogens (tertiary/aromatic N) is 5. The predicted octanol–water partition coefficient (Wildman–Crippen LogP) is 5.34. The van der Waals surface area contributed by atoms with Gasteiger partial charge in [0.1, 0.15) is 5.75 Å². The molecule has 0 aliphatic carbocycles. The van der Waals surface area contributed by atoms with Crippen LogP contribution in [0.3, 0.4) is 0 Å². The van der Waals surface area contributed by atoms with Gasteiger partial charge in [0.2, 0.25) is 5.43 Å². The van der Waals surface area contributed by atoms with Gasteiger partial charge in [-0.25, -0.2) is 4.68 Å². The minimum Gasteiger partial charge on any atom is -0.497 e. The fourth-order valence-electron chi connectivity index (χ4n) is 5.11. The molecule has 1 amide bonds. The lowest BCUT2D eigenvalue weighted by Crippen LogP contribution is -2.46. The molecule has 0 spiro atoms. The molecule has 0 unspecified atom stereocenters. The van der Waals surface area contributed by atoms with Crippen LogP contribution in [0.5, 0.6) is 5.75 Å². The Balaban J connectivity index is 1.66. The minimum atomic E-state index is -0.679. The molecule has 10 heteroatoms. The summed E-state index contributed by atoms with van der Waals surface area (Å²) in [4.78, 5) is 49.0. The van der Waals surface area contributed by atoms with Gasteiger partial charge in [-0.2, -0.15) is 4.68 Å². The van der Waals surface area contributed by atoms with Crippen molar-refractivity contribution in [3.63, 3.8) is 0 Å². The molecule has 45 heavy (non-hydrogen) atoms. The van der Waals surface area contributed by atoms with Crippen molar-refractivity contribution in [1.29, 1.82) is 0 Å². The van der Waals surface area contributed by atoms with E-state index in [4.69, 9.17) is 9.57 Å². The maximum Gasteiger partial charge on any atom is 0.299 e. The maximum atomic E-state index is 14.8. The van der Waals surface area contributed by atoms with Crippen molar-refractivity contribution in [3.05, 3.63) is 135 Å². The van der Waals surface area contributed by atoms with E-state index >= 15 is 0 Å². The van der Waals surface area contributed by atoms with Crippen LogP contribution in [0.15, 0.2) is 113 Å². The van der Waals surface area contributed by atoms with Crippen LogP contribution in [0.2, 0.25) is 0 Å². The Hall–Kier alpha value is -5.61. The van der Waals surface area contributed by atoms with E-state index in [1.54, 1.807) is 61.7 Å². The summed E-state index contributed by atoms with van der Waals surface area (Å²) in [7, 11) is 1.58. The van der Waals surface area contributed by atoms with E-state index in [0.717, 1.165) is 33.0 Å². The molecule has 0 bridgehead atoms. The minimum absolute atomic E-state index is 0.0572. The van der Waals surface area contributed by atoms with Crippen LogP contribution in [-0.2, 0) is 11.4 Å². The van der Waals surface area contributed by atoms with Gasteiger partial charge in [0.05, 0.1) is 31.2 Å². The fourth-order valence-corrected chi connectivity index (χ4v) is 5.11. The van der Waals surface area contributed by atoms with E-state index in [0.29, 0.717) is 17.7 Å². The maximum absolute atomic E-state index is 14.8. The molecule has 226 valence electrons. The number of carbonyl (C=O) groups is 1. The number of unbranched alkanes of at least 4 members (excludes halogenated alkanes) is 1. The molecule has 0 N–H and O–H groups in total. The van der Waals surface area contributed by atoms with E-state index in [1.807, 2.05) is 55.5 Å². The first-order valence-corrected chi connectivity index (χ1v) is 14.7. The molecule has 0 aliphatic rings. The highest BCUT2D eigenvalue weighted by Gasteiger charge is 2.26. The summed E-state index contributed by atoms with van der Waals surface area (Å²) in [6.45, 7) is 2.31.